The van der Waals surface area contributed by atoms with Gasteiger partial charge in [-0.05, 0) is 29.8 Å². The van der Waals surface area contributed by atoms with Crippen LogP contribution in [0.2, 0.25) is 0 Å². The van der Waals surface area contributed by atoms with Crippen molar-refractivity contribution >= 4 is 21.9 Å². The summed E-state index contributed by atoms with van der Waals surface area (Å²) in [6.45, 7) is 3.79. The summed E-state index contributed by atoms with van der Waals surface area (Å²) in [5, 5.41) is 15.8. The van der Waals surface area contributed by atoms with Gasteiger partial charge in [0, 0.05) is 6.04 Å². The first-order valence-corrected chi connectivity index (χ1v) is 4.17. The van der Waals surface area contributed by atoms with Crippen LogP contribution in [0.3, 0.4) is 0 Å². The molecule has 0 atom stereocenters. The lowest BCUT2D eigenvalue weighted by Gasteiger charge is -2.03. The Hall–Kier alpha value is -0.910. The molecule has 1 aromatic rings. The number of hydrogen-bond donors (Lipinski definition) is 1. The summed E-state index contributed by atoms with van der Waals surface area (Å²) >= 11 is 3.11. The van der Waals surface area contributed by atoms with E-state index in [0.717, 1.165) is 0 Å². The molecule has 0 aliphatic heterocycles. The summed E-state index contributed by atoms with van der Waals surface area (Å²) in [6, 6.07) is 0.0972. The first kappa shape index (κ1) is 9.18. The van der Waals surface area contributed by atoms with Crippen molar-refractivity contribution in [3.05, 3.63) is 10.3 Å². The van der Waals surface area contributed by atoms with Gasteiger partial charge in [-0.15, -0.1) is 5.10 Å². The van der Waals surface area contributed by atoms with Crippen LogP contribution in [0.1, 0.15) is 30.4 Å². The number of carboxylic acid groups (broad SMARTS) is 1. The molecule has 0 saturated carbocycles. The second-order valence-electron chi connectivity index (χ2n) is 2.57. The predicted octanol–water partition coefficient (Wildman–Crippen LogP) is 1.32. The van der Waals surface area contributed by atoms with Gasteiger partial charge in [-0.3, -0.25) is 0 Å². The quantitative estimate of drug-likeness (QED) is 0.837. The zero-order valence-corrected chi connectivity index (χ0v) is 8.24. The zero-order valence-electron chi connectivity index (χ0n) is 6.65. The molecule has 0 amide bonds. The molecule has 0 aromatic carbocycles. The number of aromatic carboxylic acids is 1. The van der Waals surface area contributed by atoms with Crippen molar-refractivity contribution in [2.75, 3.05) is 0 Å². The molecule has 0 radical (unpaired) electrons. The second kappa shape index (κ2) is 3.22. The van der Waals surface area contributed by atoms with Crippen molar-refractivity contribution < 1.29 is 9.90 Å². The van der Waals surface area contributed by atoms with Gasteiger partial charge in [0.2, 0.25) is 5.69 Å². The second-order valence-corrected chi connectivity index (χ2v) is 3.32. The average Bonchev–Trinajstić information content (AvgIpc) is 2.30. The van der Waals surface area contributed by atoms with E-state index in [2.05, 4.69) is 26.2 Å². The van der Waals surface area contributed by atoms with Gasteiger partial charge in [-0.1, -0.05) is 5.21 Å². The standard InChI is InChI=1S/C6H8BrN3O2/c1-3(2)10-5(7)4(6(11)12)8-9-10/h3H,1-2H3,(H,11,12). The maximum absolute atomic E-state index is 10.5. The van der Waals surface area contributed by atoms with E-state index in [-0.39, 0.29) is 11.7 Å². The minimum absolute atomic E-state index is 0.0521. The smallest absolute Gasteiger partial charge is 0.359 e. The highest BCUT2D eigenvalue weighted by Gasteiger charge is 2.17. The highest BCUT2D eigenvalue weighted by atomic mass is 79.9. The van der Waals surface area contributed by atoms with Crippen LogP contribution in [0.15, 0.2) is 4.60 Å². The van der Waals surface area contributed by atoms with Gasteiger partial charge in [0.1, 0.15) is 4.60 Å². The molecule has 0 aliphatic carbocycles. The summed E-state index contributed by atoms with van der Waals surface area (Å²) in [5.41, 5.74) is -0.0521. The molecule has 12 heavy (non-hydrogen) atoms. The Morgan fingerprint density at radius 3 is 2.50 bits per heavy atom. The monoisotopic (exact) mass is 233 g/mol. The molecule has 5 nitrogen and oxygen atoms in total. The Morgan fingerprint density at radius 2 is 2.25 bits per heavy atom. The molecule has 0 fully saturated rings. The Morgan fingerprint density at radius 1 is 1.67 bits per heavy atom. The first-order valence-electron chi connectivity index (χ1n) is 3.38. The topological polar surface area (TPSA) is 68.0 Å². The van der Waals surface area contributed by atoms with Crippen molar-refractivity contribution in [2.45, 2.75) is 19.9 Å². The lowest BCUT2D eigenvalue weighted by Crippen LogP contribution is -2.04. The third-order valence-electron chi connectivity index (χ3n) is 1.33. The predicted molar refractivity (Wildman–Crippen MR) is 45.1 cm³/mol. The molecule has 1 rings (SSSR count). The van der Waals surface area contributed by atoms with Gasteiger partial charge in [-0.25, -0.2) is 9.48 Å². The normalized spacial score (nSPS) is 10.7. The van der Waals surface area contributed by atoms with Crippen LogP contribution in [0.4, 0.5) is 0 Å². The Bertz CT molecular complexity index is 308. The van der Waals surface area contributed by atoms with E-state index in [0.29, 0.717) is 4.60 Å². The van der Waals surface area contributed by atoms with Crippen LogP contribution < -0.4 is 0 Å². The van der Waals surface area contributed by atoms with E-state index in [9.17, 15) is 4.79 Å². The molecule has 0 unspecified atom stereocenters. The average molecular weight is 234 g/mol. The van der Waals surface area contributed by atoms with Gasteiger partial charge in [0.05, 0.1) is 0 Å². The number of hydrogen-bond acceptors (Lipinski definition) is 3. The van der Waals surface area contributed by atoms with E-state index in [1.54, 1.807) is 0 Å². The number of carboxylic acids is 1. The molecular weight excluding hydrogens is 226 g/mol. The fourth-order valence-electron chi connectivity index (χ4n) is 0.743. The van der Waals surface area contributed by atoms with E-state index in [4.69, 9.17) is 5.11 Å². The summed E-state index contributed by atoms with van der Waals surface area (Å²) in [6.07, 6.45) is 0. The molecule has 0 spiro atoms. The van der Waals surface area contributed by atoms with Gasteiger partial charge in [-0.2, -0.15) is 0 Å². The lowest BCUT2D eigenvalue weighted by atomic mass is 10.4. The lowest BCUT2D eigenvalue weighted by molar-refractivity contribution is 0.0689. The molecule has 0 saturated heterocycles. The summed E-state index contributed by atoms with van der Waals surface area (Å²) < 4.78 is 1.91. The van der Waals surface area contributed by atoms with Crippen LogP contribution in [0.25, 0.3) is 0 Å². The van der Waals surface area contributed by atoms with Crippen molar-refractivity contribution in [1.29, 1.82) is 0 Å². The number of carbonyl (C=O) groups is 1. The van der Waals surface area contributed by atoms with Gasteiger partial charge in [0.25, 0.3) is 0 Å². The number of aromatic nitrogens is 3. The zero-order chi connectivity index (χ0) is 9.30. The van der Waals surface area contributed by atoms with Crippen LogP contribution in [0, 0.1) is 0 Å². The summed E-state index contributed by atoms with van der Waals surface area (Å²) in [4.78, 5) is 10.5. The largest absolute Gasteiger partial charge is 0.476 e. The molecule has 0 aliphatic rings. The van der Waals surface area contributed by atoms with Crippen LogP contribution in [0.5, 0.6) is 0 Å². The van der Waals surface area contributed by atoms with Crippen LogP contribution in [-0.2, 0) is 0 Å². The number of halogens is 1. The van der Waals surface area contributed by atoms with Crippen molar-refractivity contribution in [1.82, 2.24) is 15.0 Å². The van der Waals surface area contributed by atoms with Gasteiger partial charge in [0.15, 0.2) is 0 Å². The van der Waals surface area contributed by atoms with Crippen LogP contribution >= 0.6 is 15.9 Å². The molecule has 1 heterocycles. The van der Waals surface area contributed by atoms with Gasteiger partial charge >= 0.3 is 5.97 Å². The summed E-state index contributed by atoms with van der Waals surface area (Å²) in [5.74, 6) is -1.08. The highest BCUT2D eigenvalue weighted by Crippen LogP contribution is 2.17. The highest BCUT2D eigenvalue weighted by molar-refractivity contribution is 9.10. The Balaban J connectivity index is 3.13. The summed E-state index contributed by atoms with van der Waals surface area (Å²) in [7, 11) is 0. The molecule has 6 heteroatoms. The molecule has 1 N–H and O–H groups in total. The Labute approximate surface area is 77.5 Å². The van der Waals surface area contributed by atoms with E-state index in [1.165, 1.54) is 4.68 Å². The van der Waals surface area contributed by atoms with E-state index in [1.807, 2.05) is 13.8 Å². The molecule has 0 bridgehead atoms. The molecule has 66 valence electrons. The third kappa shape index (κ3) is 1.47. The minimum Gasteiger partial charge on any atom is -0.476 e. The first-order chi connectivity index (χ1) is 5.54. The van der Waals surface area contributed by atoms with E-state index >= 15 is 0 Å². The number of nitrogens with zero attached hydrogens (tertiary/aromatic N) is 3. The fraction of sp³-hybridized carbons (Fsp3) is 0.500. The van der Waals surface area contributed by atoms with Gasteiger partial charge < -0.3 is 5.11 Å². The van der Waals surface area contributed by atoms with Crippen molar-refractivity contribution in [3.63, 3.8) is 0 Å². The fourth-order valence-corrected chi connectivity index (χ4v) is 1.47. The molecule has 1 aromatic heterocycles. The molecular formula is C6H8BrN3O2. The van der Waals surface area contributed by atoms with Crippen molar-refractivity contribution in [2.24, 2.45) is 0 Å². The Kier molecular flexibility index (Phi) is 2.46. The third-order valence-corrected chi connectivity index (χ3v) is 2.07. The van der Waals surface area contributed by atoms with E-state index < -0.39 is 5.97 Å². The number of rotatable bonds is 2. The SMILES string of the molecule is CC(C)n1nnc(C(=O)O)c1Br. The van der Waals surface area contributed by atoms with Crippen molar-refractivity contribution in [3.8, 4) is 0 Å². The van der Waals surface area contributed by atoms with Crippen LogP contribution in [-0.4, -0.2) is 26.1 Å². The maximum atomic E-state index is 10.5. The maximum Gasteiger partial charge on any atom is 0.359 e. The minimum atomic E-state index is -1.08.